The lowest BCUT2D eigenvalue weighted by Crippen LogP contribution is -2.47. The van der Waals surface area contributed by atoms with Gasteiger partial charge in [0.05, 0.1) is 5.69 Å². The van der Waals surface area contributed by atoms with Gasteiger partial charge >= 0.3 is 0 Å². The van der Waals surface area contributed by atoms with Crippen LogP contribution in [0.1, 0.15) is 26.7 Å². The number of imide groups is 1. The Morgan fingerprint density at radius 3 is 2.21 bits per heavy atom. The van der Waals surface area contributed by atoms with Gasteiger partial charge in [-0.25, -0.2) is 13.7 Å². The zero-order chi connectivity index (χ0) is 14.4. The van der Waals surface area contributed by atoms with Crippen LogP contribution in [0.5, 0.6) is 0 Å². The van der Waals surface area contributed by atoms with Gasteiger partial charge in [0.2, 0.25) is 11.8 Å². The first-order valence-corrected chi connectivity index (χ1v) is 5.82. The number of nitrogen functional groups attached to an aromatic ring is 1. The molecule has 1 heterocycles. The maximum Gasteiger partial charge on any atom is 0.234 e. The van der Waals surface area contributed by atoms with Crippen LogP contribution in [0.2, 0.25) is 0 Å². The van der Waals surface area contributed by atoms with Crippen LogP contribution in [-0.4, -0.2) is 11.8 Å². The second-order valence-electron chi connectivity index (χ2n) is 5.44. The topological polar surface area (TPSA) is 63.4 Å². The van der Waals surface area contributed by atoms with Crippen LogP contribution in [0, 0.1) is 17.0 Å². The minimum Gasteiger partial charge on any atom is -0.397 e. The third-order valence-corrected chi connectivity index (χ3v) is 3.08. The van der Waals surface area contributed by atoms with Gasteiger partial charge in [-0.05, 0) is 17.5 Å². The lowest BCUT2D eigenvalue weighted by atomic mass is 9.81. The summed E-state index contributed by atoms with van der Waals surface area (Å²) < 4.78 is 27.0. The average Bonchev–Trinajstić information content (AvgIpc) is 2.26. The minimum atomic E-state index is -1.28. The lowest BCUT2D eigenvalue weighted by molar-refractivity contribution is -0.132. The first-order valence-electron chi connectivity index (χ1n) is 5.82. The van der Waals surface area contributed by atoms with Crippen molar-refractivity contribution in [2.45, 2.75) is 26.7 Å². The van der Waals surface area contributed by atoms with E-state index in [4.69, 9.17) is 5.73 Å². The van der Waals surface area contributed by atoms with Gasteiger partial charge in [0.1, 0.15) is 5.69 Å². The molecule has 19 heavy (non-hydrogen) atoms. The Labute approximate surface area is 109 Å². The van der Waals surface area contributed by atoms with Crippen molar-refractivity contribution in [3.05, 3.63) is 23.8 Å². The summed E-state index contributed by atoms with van der Waals surface area (Å²) >= 11 is 0. The van der Waals surface area contributed by atoms with Crippen molar-refractivity contribution in [2.24, 2.45) is 5.41 Å². The van der Waals surface area contributed by atoms with E-state index in [1.807, 2.05) is 0 Å². The molecule has 0 saturated carbocycles. The summed E-state index contributed by atoms with van der Waals surface area (Å²) in [5, 5.41) is 0. The molecular formula is C13H14F2N2O2. The minimum absolute atomic E-state index is 0.0775. The van der Waals surface area contributed by atoms with Crippen molar-refractivity contribution in [1.82, 2.24) is 0 Å². The molecule has 0 atom stereocenters. The van der Waals surface area contributed by atoms with E-state index in [0.717, 1.165) is 12.1 Å². The van der Waals surface area contributed by atoms with Gasteiger partial charge in [0, 0.05) is 12.8 Å². The van der Waals surface area contributed by atoms with E-state index in [0.29, 0.717) is 4.90 Å². The van der Waals surface area contributed by atoms with Crippen molar-refractivity contribution < 1.29 is 18.4 Å². The number of piperidine rings is 1. The third kappa shape index (κ3) is 2.30. The number of halogens is 2. The highest BCUT2D eigenvalue weighted by atomic mass is 19.2. The Morgan fingerprint density at radius 1 is 1.16 bits per heavy atom. The number of hydrogen-bond donors (Lipinski definition) is 1. The van der Waals surface area contributed by atoms with Crippen molar-refractivity contribution >= 4 is 23.2 Å². The molecule has 2 N–H and O–H groups in total. The molecule has 1 saturated heterocycles. The van der Waals surface area contributed by atoms with E-state index in [9.17, 15) is 18.4 Å². The highest BCUT2D eigenvalue weighted by molar-refractivity contribution is 6.18. The predicted octanol–water partition coefficient (Wildman–Crippen LogP) is 2.23. The molecule has 0 aliphatic carbocycles. The van der Waals surface area contributed by atoms with E-state index in [-0.39, 0.29) is 18.5 Å². The molecule has 0 radical (unpaired) electrons. The Balaban J connectivity index is 2.51. The van der Waals surface area contributed by atoms with E-state index < -0.39 is 34.6 Å². The van der Waals surface area contributed by atoms with Crippen LogP contribution in [-0.2, 0) is 9.59 Å². The van der Waals surface area contributed by atoms with Crippen LogP contribution in [0.15, 0.2) is 12.1 Å². The van der Waals surface area contributed by atoms with Crippen molar-refractivity contribution in [2.75, 3.05) is 10.6 Å². The summed E-state index contributed by atoms with van der Waals surface area (Å²) in [6.07, 6.45) is 0.155. The first kappa shape index (κ1) is 13.5. The number of benzene rings is 1. The Morgan fingerprint density at radius 2 is 1.68 bits per heavy atom. The van der Waals surface area contributed by atoms with E-state index >= 15 is 0 Å². The molecule has 1 fully saturated rings. The molecule has 2 amide bonds. The molecule has 4 nitrogen and oxygen atoms in total. The highest BCUT2D eigenvalue weighted by Gasteiger charge is 2.40. The van der Waals surface area contributed by atoms with Crippen molar-refractivity contribution in [3.8, 4) is 0 Å². The maximum atomic E-state index is 13.8. The largest absolute Gasteiger partial charge is 0.397 e. The fourth-order valence-corrected chi connectivity index (χ4v) is 2.21. The number of nitrogens with two attached hydrogens (primary N) is 1. The van der Waals surface area contributed by atoms with Crippen LogP contribution < -0.4 is 10.6 Å². The van der Waals surface area contributed by atoms with Crippen LogP contribution >= 0.6 is 0 Å². The molecule has 1 aliphatic rings. The zero-order valence-corrected chi connectivity index (χ0v) is 10.7. The predicted molar refractivity (Wildman–Crippen MR) is 66.3 cm³/mol. The smallest absolute Gasteiger partial charge is 0.234 e. The monoisotopic (exact) mass is 268 g/mol. The summed E-state index contributed by atoms with van der Waals surface area (Å²) in [5.41, 5.74) is 4.46. The van der Waals surface area contributed by atoms with Gasteiger partial charge in [0.15, 0.2) is 11.6 Å². The molecule has 2 rings (SSSR count). The van der Waals surface area contributed by atoms with E-state index in [1.165, 1.54) is 0 Å². The molecule has 1 aliphatic heterocycles. The second kappa shape index (κ2) is 4.29. The van der Waals surface area contributed by atoms with Gasteiger partial charge < -0.3 is 5.73 Å². The summed E-state index contributed by atoms with van der Waals surface area (Å²) in [4.78, 5) is 24.6. The van der Waals surface area contributed by atoms with Crippen molar-refractivity contribution in [3.63, 3.8) is 0 Å². The molecule has 0 bridgehead atoms. The molecule has 1 aromatic rings. The van der Waals surface area contributed by atoms with Crippen LogP contribution in [0.25, 0.3) is 0 Å². The quantitative estimate of drug-likeness (QED) is 0.627. The van der Waals surface area contributed by atoms with Crippen molar-refractivity contribution in [1.29, 1.82) is 0 Å². The Bertz CT molecular complexity index is 550. The van der Waals surface area contributed by atoms with Gasteiger partial charge in [-0.1, -0.05) is 13.8 Å². The third-order valence-electron chi connectivity index (χ3n) is 3.08. The summed E-state index contributed by atoms with van der Waals surface area (Å²) in [7, 11) is 0. The number of carbonyl (C=O) groups excluding carboxylic acids is 2. The molecule has 1 aromatic carbocycles. The molecule has 0 spiro atoms. The second-order valence-corrected chi connectivity index (χ2v) is 5.44. The van der Waals surface area contributed by atoms with Crippen LogP contribution in [0.4, 0.5) is 20.2 Å². The van der Waals surface area contributed by atoms with Crippen LogP contribution in [0.3, 0.4) is 0 Å². The molecule has 6 heteroatoms. The summed E-state index contributed by atoms with van der Waals surface area (Å²) in [6, 6.07) is 1.99. The number of nitrogens with zero attached hydrogens (tertiary/aromatic N) is 1. The number of carbonyl (C=O) groups is 2. The van der Waals surface area contributed by atoms with Gasteiger partial charge in [-0.3, -0.25) is 9.59 Å². The first-order chi connectivity index (χ1) is 8.73. The summed E-state index contributed by atoms with van der Waals surface area (Å²) in [6.45, 7) is 3.54. The normalized spacial score (nSPS) is 18.8. The standard InChI is InChI=1S/C13H14F2N2O2/c1-13(2)5-9(18)17(10(19)6-13)12-8(16)4-3-7(14)11(12)15/h3-4H,5-6,16H2,1-2H3. The molecule has 0 unspecified atom stereocenters. The van der Waals surface area contributed by atoms with Gasteiger partial charge in [-0.2, -0.15) is 0 Å². The van der Waals surface area contributed by atoms with Gasteiger partial charge in [0.25, 0.3) is 0 Å². The number of amides is 2. The molecule has 102 valence electrons. The fourth-order valence-electron chi connectivity index (χ4n) is 2.21. The highest BCUT2D eigenvalue weighted by Crippen LogP contribution is 2.37. The zero-order valence-electron chi connectivity index (χ0n) is 10.7. The Kier molecular flexibility index (Phi) is 3.04. The van der Waals surface area contributed by atoms with E-state index in [2.05, 4.69) is 0 Å². The Hall–Kier alpha value is -1.98. The lowest BCUT2D eigenvalue weighted by Gasteiger charge is -2.35. The fraction of sp³-hybridized carbons (Fsp3) is 0.385. The number of hydrogen-bond acceptors (Lipinski definition) is 3. The maximum absolute atomic E-state index is 13.8. The average molecular weight is 268 g/mol. The SMILES string of the molecule is CC1(C)CC(=O)N(c2c(N)ccc(F)c2F)C(=O)C1. The number of anilines is 2. The number of rotatable bonds is 1. The van der Waals surface area contributed by atoms with Gasteiger partial charge in [-0.15, -0.1) is 0 Å². The summed E-state index contributed by atoms with van der Waals surface area (Å²) in [5.74, 6) is -3.56. The van der Waals surface area contributed by atoms with E-state index in [1.54, 1.807) is 13.8 Å². The molecule has 0 aromatic heterocycles. The molecular weight excluding hydrogens is 254 g/mol.